The van der Waals surface area contributed by atoms with Gasteiger partial charge in [-0.3, -0.25) is 9.00 Å². The lowest BCUT2D eigenvalue weighted by atomic mass is 9.98. The second-order valence-corrected chi connectivity index (χ2v) is 9.96. The minimum Gasteiger partial charge on any atom is -0.486 e. The lowest BCUT2D eigenvalue weighted by Gasteiger charge is -2.20. The number of hydrogen-bond donors (Lipinski definition) is 0. The van der Waals surface area contributed by atoms with Gasteiger partial charge in [-0.05, 0) is 68.2 Å². The number of nitrogens with zero attached hydrogens (tertiary/aromatic N) is 1. The monoisotopic (exact) mass is 559 g/mol. The molecule has 0 aromatic heterocycles. The van der Waals surface area contributed by atoms with Crippen molar-refractivity contribution in [1.29, 1.82) is 0 Å². The van der Waals surface area contributed by atoms with Crippen LogP contribution in [0.25, 0.3) is 0 Å². The molecule has 4 nitrogen and oxygen atoms in total. The van der Waals surface area contributed by atoms with Gasteiger partial charge >= 0.3 is 18.3 Å². The summed E-state index contributed by atoms with van der Waals surface area (Å²) >= 11 is 0. The molecule has 206 valence electrons. The smallest absolute Gasteiger partial charge is 0.456 e. The van der Waals surface area contributed by atoms with Gasteiger partial charge in [-0.25, -0.2) is 0 Å². The van der Waals surface area contributed by atoms with E-state index < -0.39 is 47.0 Å². The largest absolute Gasteiger partial charge is 0.486 e. The van der Waals surface area contributed by atoms with E-state index in [-0.39, 0.29) is 16.7 Å². The van der Waals surface area contributed by atoms with Crippen LogP contribution in [-0.4, -0.2) is 60.5 Å². The Morgan fingerprint density at radius 3 is 2.11 bits per heavy atom. The highest BCUT2D eigenvalue weighted by atomic mass is 32.2. The molecule has 3 rings (SSSR count). The molecule has 0 amide bonds. The fourth-order valence-corrected chi connectivity index (χ4v) is 4.09. The number of aldehydes is 1. The van der Waals surface area contributed by atoms with Crippen molar-refractivity contribution in [2.75, 3.05) is 33.0 Å². The highest BCUT2D eigenvalue weighted by Crippen LogP contribution is 2.36. The van der Waals surface area contributed by atoms with E-state index in [9.17, 15) is 44.1 Å². The summed E-state index contributed by atoms with van der Waals surface area (Å²) in [7, 11) is 0.649. The molecule has 0 spiro atoms. The highest BCUT2D eigenvalue weighted by Gasteiger charge is 2.58. The predicted molar refractivity (Wildman–Crippen MR) is 121 cm³/mol. The predicted octanol–water partition coefficient (Wildman–Crippen LogP) is 6.01. The molecule has 2 aromatic carbocycles. The Hall–Kier alpha value is -2.54. The maximum absolute atomic E-state index is 12.7. The normalized spacial score (nSPS) is 17.6. The second kappa shape index (κ2) is 12.3. The molecule has 1 saturated heterocycles. The second-order valence-electron chi connectivity index (χ2n) is 8.58. The fraction of sp³-hybridized carbons (Fsp3) is 0.458. The molecule has 2 atom stereocenters. The zero-order valence-electron chi connectivity index (χ0n) is 19.8. The van der Waals surface area contributed by atoms with Gasteiger partial charge in [0.2, 0.25) is 0 Å². The minimum absolute atomic E-state index is 0.220. The molecule has 0 N–H and O–H groups in total. The number of benzene rings is 2. The molecule has 1 heterocycles. The van der Waals surface area contributed by atoms with Gasteiger partial charge < -0.3 is 9.64 Å². The van der Waals surface area contributed by atoms with Crippen LogP contribution >= 0.6 is 0 Å². The summed E-state index contributed by atoms with van der Waals surface area (Å²) in [6, 6.07) is 8.88. The minimum atomic E-state index is -5.74. The quantitative estimate of drug-likeness (QED) is 0.308. The third kappa shape index (κ3) is 9.06. The summed E-state index contributed by atoms with van der Waals surface area (Å²) in [5.74, 6) is -4.88. The molecule has 0 aliphatic carbocycles. The maximum Gasteiger partial charge on any atom is 0.456 e. The standard InChI is InChI=1S/C13H16F3N.C11H9F5O3S/c1-17-7-6-11(9-17)8-10-2-4-12(5-3-10)13(14,15)16;1-20(18)8-2-3-9(7(4-8)5-17)19-6-10(12,13)11(14,15)16/h2-5,11H,6-9H2,1H3;2-5H,6H2,1H3. The summed E-state index contributed by atoms with van der Waals surface area (Å²) in [4.78, 5) is 13.2. The van der Waals surface area contributed by atoms with Crippen molar-refractivity contribution in [2.45, 2.75) is 36.0 Å². The van der Waals surface area contributed by atoms with E-state index in [1.54, 1.807) is 12.1 Å². The Balaban J connectivity index is 0.000000263. The van der Waals surface area contributed by atoms with Crippen molar-refractivity contribution in [3.8, 4) is 5.75 Å². The zero-order chi connectivity index (χ0) is 28.0. The van der Waals surface area contributed by atoms with Crippen LogP contribution in [0.4, 0.5) is 35.1 Å². The van der Waals surface area contributed by atoms with Crippen molar-refractivity contribution in [1.82, 2.24) is 4.90 Å². The van der Waals surface area contributed by atoms with Gasteiger partial charge in [-0.2, -0.15) is 35.1 Å². The molecular weight excluding hydrogens is 534 g/mol. The molecule has 0 radical (unpaired) electrons. The van der Waals surface area contributed by atoms with Crippen LogP contribution in [0.2, 0.25) is 0 Å². The van der Waals surface area contributed by atoms with E-state index in [0.29, 0.717) is 5.92 Å². The number of halogens is 8. The van der Waals surface area contributed by atoms with Gasteiger partial charge in [0, 0.05) is 28.5 Å². The first-order chi connectivity index (χ1) is 17.0. The molecule has 0 saturated carbocycles. The van der Waals surface area contributed by atoms with E-state index in [4.69, 9.17) is 0 Å². The van der Waals surface area contributed by atoms with E-state index in [2.05, 4.69) is 16.7 Å². The molecule has 2 aromatic rings. The average Bonchev–Trinajstić information content (AvgIpc) is 3.21. The topological polar surface area (TPSA) is 46.6 Å². The van der Waals surface area contributed by atoms with Gasteiger partial charge in [-0.15, -0.1) is 0 Å². The summed E-state index contributed by atoms with van der Waals surface area (Å²) in [6.45, 7) is 0.193. The Morgan fingerprint density at radius 2 is 1.65 bits per heavy atom. The molecule has 2 unspecified atom stereocenters. The fourth-order valence-electron chi connectivity index (χ4n) is 3.54. The maximum atomic E-state index is 12.7. The van der Waals surface area contributed by atoms with Crippen LogP contribution < -0.4 is 4.74 Å². The molecule has 1 fully saturated rings. The first-order valence-electron chi connectivity index (χ1n) is 10.9. The van der Waals surface area contributed by atoms with E-state index in [1.165, 1.54) is 24.5 Å². The van der Waals surface area contributed by atoms with Gasteiger partial charge in [0.15, 0.2) is 12.9 Å². The Labute approximate surface area is 211 Å². The lowest BCUT2D eigenvalue weighted by molar-refractivity contribution is -0.290. The van der Waals surface area contributed by atoms with Crippen molar-refractivity contribution in [3.05, 3.63) is 59.2 Å². The number of ether oxygens (including phenoxy) is 1. The van der Waals surface area contributed by atoms with Crippen molar-refractivity contribution in [3.63, 3.8) is 0 Å². The highest BCUT2D eigenvalue weighted by molar-refractivity contribution is 7.84. The molecule has 0 bridgehead atoms. The number of likely N-dealkylation sites (tertiary alicyclic amines) is 1. The Bertz CT molecular complexity index is 1070. The SMILES string of the molecule is CN1CCC(Cc2ccc(C(F)(F)F)cc2)C1.CS(=O)c1ccc(OCC(F)(F)C(F)(F)F)c(C=O)c1. The van der Waals surface area contributed by atoms with E-state index in [1.807, 2.05) is 0 Å². The van der Waals surface area contributed by atoms with Crippen LogP contribution in [0.1, 0.15) is 27.9 Å². The summed E-state index contributed by atoms with van der Waals surface area (Å²) in [6.07, 6.45) is -6.41. The molecular formula is C24H25F8NO3S. The van der Waals surface area contributed by atoms with E-state index in [0.717, 1.165) is 43.6 Å². The van der Waals surface area contributed by atoms with Crippen molar-refractivity contribution >= 4 is 17.1 Å². The molecule has 1 aliphatic heterocycles. The first-order valence-corrected chi connectivity index (χ1v) is 12.4. The number of rotatable bonds is 7. The van der Waals surface area contributed by atoms with Gasteiger partial charge in [0.25, 0.3) is 0 Å². The number of carbonyl (C=O) groups is 1. The first kappa shape index (κ1) is 30.7. The molecule has 1 aliphatic rings. The summed E-state index contributed by atoms with van der Waals surface area (Å²) in [5, 5.41) is 0. The molecule has 13 heteroatoms. The Morgan fingerprint density at radius 1 is 1.03 bits per heavy atom. The Kier molecular flexibility index (Phi) is 10.2. The van der Waals surface area contributed by atoms with Gasteiger partial charge in [0.05, 0.1) is 11.1 Å². The van der Waals surface area contributed by atoms with Crippen LogP contribution in [-0.2, 0) is 23.4 Å². The van der Waals surface area contributed by atoms with Crippen LogP contribution in [0, 0.1) is 5.92 Å². The van der Waals surface area contributed by atoms with E-state index >= 15 is 0 Å². The van der Waals surface area contributed by atoms with Crippen LogP contribution in [0.5, 0.6) is 5.75 Å². The zero-order valence-corrected chi connectivity index (χ0v) is 20.7. The number of hydrogen-bond acceptors (Lipinski definition) is 4. The third-order valence-corrected chi connectivity index (χ3v) is 6.48. The number of alkyl halides is 8. The van der Waals surface area contributed by atoms with Crippen LogP contribution in [0.15, 0.2) is 47.4 Å². The third-order valence-electron chi connectivity index (χ3n) is 5.56. The lowest BCUT2D eigenvalue weighted by Crippen LogP contribution is -2.41. The van der Waals surface area contributed by atoms with Gasteiger partial charge in [-0.1, -0.05) is 12.1 Å². The van der Waals surface area contributed by atoms with Crippen molar-refractivity contribution < 1.29 is 48.9 Å². The summed E-state index contributed by atoms with van der Waals surface area (Å²) < 4.78 is 114. The summed E-state index contributed by atoms with van der Waals surface area (Å²) in [5.41, 5.74) is 0.179. The average molecular weight is 560 g/mol. The number of carbonyl (C=O) groups excluding carboxylic acids is 1. The molecule has 37 heavy (non-hydrogen) atoms. The van der Waals surface area contributed by atoms with Gasteiger partial charge in [0.1, 0.15) is 5.75 Å². The van der Waals surface area contributed by atoms with Crippen LogP contribution in [0.3, 0.4) is 0 Å². The van der Waals surface area contributed by atoms with Crippen molar-refractivity contribution in [2.24, 2.45) is 5.92 Å².